The van der Waals surface area contributed by atoms with Crippen molar-refractivity contribution in [2.75, 3.05) is 6.54 Å². The van der Waals surface area contributed by atoms with Gasteiger partial charge in [0, 0.05) is 28.5 Å². The third kappa shape index (κ3) is 3.63. The summed E-state index contributed by atoms with van der Waals surface area (Å²) in [5.74, 6) is 0. The molecule has 2 aromatic rings. The van der Waals surface area contributed by atoms with E-state index in [0.29, 0.717) is 0 Å². The average molecular weight is 311 g/mol. The standard InChI is InChI=1S/C13H15BrN2S/c1-2-15-8-11-9-16-13(17-11)7-10-5-3-4-6-12(10)14/h3-6,9,15H,2,7-8H2,1H3. The van der Waals surface area contributed by atoms with Gasteiger partial charge in [-0.2, -0.15) is 0 Å². The van der Waals surface area contributed by atoms with Crippen molar-refractivity contribution in [2.45, 2.75) is 19.9 Å². The van der Waals surface area contributed by atoms with E-state index in [2.05, 4.69) is 51.4 Å². The molecule has 90 valence electrons. The molecular formula is C13H15BrN2S. The summed E-state index contributed by atoms with van der Waals surface area (Å²) < 4.78 is 1.16. The van der Waals surface area contributed by atoms with Gasteiger partial charge in [0.05, 0.1) is 5.01 Å². The molecule has 4 heteroatoms. The summed E-state index contributed by atoms with van der Waals surface area (Å²) in [5, 5.41) is 4.49. The van der Waals surface area contributed by atoms with Gasteiger partial charge in [0.15, 0.2) is 0 Å². The van der Waals surface area contributed by atoms with Gasteiger partial charge in [-0.3, -0.25) is 0 Å². The molecule has 0 saturated carbocycles. The maximum Gasteiger partial charge on any atom is 0.0972 e. The first-order valence-corrected chi connectivity index (χ1v) is 7.28. The first-order valence-electron chi connectivity index (χ1n) is 5.67. The SMILES string of the molecule is CCNCc1cnc(Cc2ccccc2Br)s1. The first-order chi connectivity index (χ1) is 8.29. The molecule has 17 heavy (non-hydrogen) atoms. The highest BCUT2D eigenvalue weighted by atomic mass is 79.9. The van der Waals surface area contributed by atoms with Crippen LogP contribution in [-0.2, 0) is 13.0 Å². The number of benzene rings is 1. The molecule has 0 amide bonds. The summed E-state index contributed by atoms with van der Waals surface area (Å²) in [6.45, 7) is 4.03. The Morgan fingerprint density at radius 3 is 2.94 bits per heavy atom. The van der Waals surface area contributed by atoms with Crippen LogP contribution in [0.5, 0.6) is 0 Å². The van der Waals surface area contributed by atoms with Crippen molar-refractivity contribution in [3.63, 3.8) is 0 Å². The number of aromatic nitrogens is 1. The van der Waals surface area contributed by atoms with E-state index in [1.165, 1.54) is 15.4 Å². The van der Waals surface area contributed by atoms with E-state index >= 15 is 0 Å². The zero-order valence-corrected chi connectivity index (χ0v) is 12.1. The molecule has 0 aliphatic rings. The fourth-order valence-corrected chi connectivity index (χ4v) is 2.90. The molecule has 2 rings (SSSR count). The molecule has 0 atom stereocenters. The second-order valence-electron chi connectivity index (χ2n) is 3.77. The number of hydrogen-bond donors (Lipinski definition) is 1. The third-order valence-corrected chi connectivity index (χ3v) is 4.22. The third-order valence-electron chi connectivity index (χ3n) is 2.45. The Morgan fingerprint density at radius 1 is 1.35 bits per heavy atom. The van der Waals surface area contributed by atoms with Gasteiger partial charge in [-0.15, -0.1) is 11.3 Å². The van der Waals surface area contributed by atoms with Crippen molar-refractivity contribution in [2.24, 2.45) is 0 Å². The molecule has 0 spiro atoms. The van der Waals surface area contributed by atoms with Crippen LogP contribution in [0.4, 0.5) is 0 Å². The van der Waals surface area contributed by atoms with Crippen molar-refractivity contribution >= 4 is 27.3 Å². The van der Waals surface area contributed by atoms with Crippen LogP contribution in [0.15, 0.2) is 34.9 Å². The maximum absolute atomic E-state index is 4.46. The molecule has 0 radical (unpaired) electrons. The van der Waals surface area contributed by atoms with Crippen LogP contribution in [0.1, 0.15) is 22.4 Å². The van der Waals surface area contributed by atoms with Crippen LogP contribution in [0.3, 0.4) is 0 Å². The van der Waals surface area contributed by atoms with Crippen LogP contribution in [0, 0.1) is 0 Å². The smallest absolute Gasteiger partial charge is 0.0972 e. The first kappa shape index (κ1) is 12.7. The van der Waals surface area contributed by atoms with Gasteiger partial charge < -0.3 is 5.32 Å². The molecule has 1 N–H and O–H groups in total. The van der Waals surface area contributed by atoms with Gasteiger partial charge in [-0.05, 0) is 18.2 Å². The Morgan fingerprint density at radius 2 is 2.18 bits per heavy atom. The quantitative estimate of drug-likeness (QED) is 0.912. The molecule has 0 unspecified atom stereocenters. The molecule has 0 saturated heterocycles. The van der Waals surface area contributed by atoms with E-state index < -0.39 is 0 Å². The summed E-state index contributed by atoms with van der Waals surface area (Å²) in [6, 6.07) is 8.30. The lowest BCUT2D eigenvalue weighted by atomic mass is 10.2. The van der Waals surface area contributed by atoms with E-state index in [1.807, 2.05) is 12.3 Å². The number of rotatable bonds is 5. The van der Waals surface area contributed by atoms with Gasteiger partial charge in [0.25, 0.3) is 0 Å². The molecule has 1 aromatic carbocycles. The van der Waals surface area contributed by atoms with Crippen molar-refractivity contribution in [1.82, 2.24) is 10.3 Å². The minimum atomic E-state index is 0.901. The Hall–Kier alpha value is -0.710. The molecule has 0 aliphatic carbocycles. The number of halogens is 1. The van der Waals surface area contributed by atoms with E-state index in [-0.39, 0.29) is 0 Å². The van der Waals surface area contributed by atoms with Crippen LogP contribution < -0.4 is 5.32 Å². The molecule has 2 nitrogen and oxygen atoms in total. The highest BCUT2D eigenvalue weighted by Gasteiger charge is 2.05. The number of hydrogen-bond acceptors (Lipinski definition) is 3. The van der Waals surface area contributed by atoms with E-state index in [0.717, 1.165) is 24.0 Å². The van der Waals surface area contributed by atoms with Crippen molar-refractivity contribution in [3.8, 4) is 0 Å². The van der Waals surface area contributed by atoms with Crippen LogP contribution in [-0.4, -0.2) is 11.5 Å². The second kappa shape index (κ2) is 6.28. The van der Waals surface area contributed by atoms with Crippen molar-refractivity contribution < 1.29 is 0 Å². The van der Waals surface area contributed by atoms with Gasteiger partial charge in [-0.1, -0.05) is 41.1 Å². The maximum atomic E-state index is 4.46. The lowest BCUT2D eigenvalue weighted by Crippen LogP contribution is -2.10. The van der Waals surface area contributed by atoms with E-state index in [9.17, 15) is 0 Å². The lowest BCUT2D eigenvalue weighted by Gasteiger charge is -2.00. The predicted octanol–water partition coefficient (Wildman–Crippen LogP) is 3.61. The second-order valence-corrected chi connectivity index (χ2v) is 5.82. The number of thiazole rings is 1. The van der Waals surface area contributed by atoms with Crippen LogP contribution in [0.2, 0.25) is 0 Å². The minimum absolute atomic E-state index is 0.901. The van der Waals surface area contributed by atoms with Gasteiger partial charge >= 0.3 is 0 Å². The zero-order chi connectivity index (χ0) is 12.1. The van der Waals surface area contributed by atoms with Crippen LogP contribution in [0.25, 0.3) is 0 Å². The fourth-order valence-electron chi connectivity index (χ4n) is 1.56. The van der Waals surface area contributed by atoms with Gasteiger partial charge in [0.1, 0.15) is 0 Å². The van der Waals surface area contributed by atoms with Gasteiger partial charge in [0.2, 0.25) is 0 Å². The molecule has 0 aliphatic heterocycles. The zero-order valence-electron chi connectivity index (χ0n) is 9.74. The molecular weight excluding hydrogens is 296 g/mol. The number of nitrogens with zero attached hydrogens (tertiary/aromatic N) is 1. The largest absolute Gasteiger partial charge is 0.312 e. The van der Waals surface area contributed by atoms with E-state index in [1.54, 1.807) is 11.3 Å². The Kier molecular flexibility index (Phi) is 4.71. The average Bonchev–Trinajstić information content (AvgIpc) is 2.77. The molecule has 0 bridgehead atoms. The minimum Gasteiger partial charge on any atom is -0.312 e. The lowest BCUT2D eigenvalue weighted by molar-refractivity contribution is 0.734. The Bertz CT molecular complexity index is 482. The topological polar surface area (TPSA) is 24.9 Å². The fraction of sp³-hybridized carbons (Fsp3) is 0.308. The highest BCUT2D eigenvalue weighted by Crippen LogP contribution is 2.22. The summed E-state index contributed by atoms with van der Waals surface area (Å²) in [6.07, 6.45) is 2.87. The summed E-state index contributed by atoms with van der Waals surface area (Å²) in [5.41, 5.74) is 1.29. The summed E-state index contributed by atoms with van der Waals surface area (Å²) in [7, 11) is 0. The van der Waals surface area contributed by atoms with Crippen LogP contribution >= 0.6 is 27.3 Å². The molecule has 1 heterocycles. The summed E-state index contributed by atoms with van der Waals surface area (Å²) >= 11 is 5.35. The number of nitrogens with one attached hydrogen (secondary N) is 1. The predicted molar refractivity (Wildman–Crippen MR) is 76.4 cm³/mol. The Labute approximate surface area is 114 Å². The monoisotopic (exact) mass is 310 g/mol. The molecule has 0 fully saturated rings. The Balaban J connectivity index is 2.04. The van der Waals surface area contributed by atoms with Crippen molar-refractivity contribution in [3.05, 3.63) is 50.4 Å². The van der Waals surface area contributed by atoms with Crippen molar-refractivity contribution in [1.29, 1.82) is 0 Å². The van der Waals surface area contributed by atoms with Gasteiger partial charge in [-0.25, -0.2) is 4.98 Å². The highest BCUT2D eigenvalue weighted by molar-refractivity contribution is 9.10. The summed E-state index contributed by atoms with van der Waals surface area (Å²) in [4.78, 5) is 5.76. The normalized spacial score (nSPS) is 10.7. The van der Waals surface area contributed by atoms with E-state index in [4.69, 9.17) is 0 Å². The molecule has 1 aromatic heterocycles.